The molecule has 0 atom stereocenters. The summed E-state index contributed by atoms with van der Waals surface area (Å²) in [5.74, 6) is -0.986. The highest BCUT2D eigenvalue weighted by Gasteiger charge is 2.37. The Morgan fingerprint density at radius 3 is 2.42 bits per heavy atom. The Labute approximate surface area is 187 Å². The Morgan fingerprint density at radius 1 is 0.968 bits per heavy atom. The molecule has 1 saturated carbocycles. The highest BCUT2D eigenvalue weighted by molar-refractivity contribution is 6.35. The molecule has 2 aromatic carbocycles. The van der Waals surface area contributed by atoms with E-state index in [1.165, 1.54) is 0 Å². The topological polar surface area (TPSA) is 69.7 Å². The van der Waals surface area contributed by atoms with E-state index >= 15 is 0 Å². The second kappa shape index (κ2) is 9.52. The molecule has 0 bridgehead atoms. The van der Waals surface area contributed by atoms with Gasteiger partial charge in [0, 0.05) is 42.8 Å². The van der Waals surface area contributed by atoms with Crippen molar-refractivity contribution in [1.82, 2.24) is 15.1 Å². The fourth-order valence-electron chi connectivity index (χ4n) is 4.32. The molecule has 4 rings (SSSR count). The van der Waals surface area contributed by atoms with Crippen LogP contribution in [0.2, 0.25) is 5.02 Å². The Kier molecular flexibility index (Phi) is 6.56. The maximum atomic E-state index is 12.6. The number of hydrogen-bond acceptors (Lipinski definition) is 3. The summed E-state index contributed by atoms with van der Waals surface area (Å²) in [4.78, 5) is 40.9. The van der Waals surface area contributed by atoms with Gasteiger partial charge < -0.3 is 15.1 Å². The molecule has 1 N–H and O–H groups in total. The average molecular weight is 440 g/mol. The first kappa shape index (κ1) is 21.4. The monoisotopic (exact) mass is 439 g/mol. The van der Waals surface area contributed by atoms with Crippen LogP contribution in [-0.2, 0) is 22.7 Å². The van der Waals surface area contributed by atoms with Crippen molar-refractivity contribution < 1.29 is 14.4 Å². The van der Waals surface area contributed by atoms with Crippen molar-refractivity contribution in [2.75, 3.05) is 13.1 Å². The van der Waals surface area contributed by atoms with Crippen molar-refractivity contribution in [1.29, 1.82) is 0 Å². The van der Waals surface area contributed by atoms with E-state index < -0.39 is 5.91 Å². The van der Waals surface area contributed by atoms with Gasteiger partial charge in [-0.1, -0.05) is 48.7 Å². The van der Waals surface area contributed by atoms with Crippen molar-refractivity contribution in [3.63, 3.8) is 0 Å². The molecule has 1 saturated heterocycles. The molecule has 0 spiro atoms. The van der Waals surface area contributed by atoms with Gasteiger partial charge in [0.1, 0.15) is 0 Å². The molecule has 0 unspecified atom stereocenters. The van der Waals surface area contributed by atoms with Crippen molar-refractivity contribution in [2.24, 2.45) is 0 Å². The quantitative estimate of drug-likeness (QED) is 0.701. The van der Waals surface area contributed by atoms with Gasteiger partial charge in [0.15, 0.2) is 0 Å². The summed E-state index contributed by atoms with van der Waals surface area (Å²) in [6, 6.07) is 14.7. The molecule has 2 fully saturated rings. The van der Waals surface area contributed by atoms with Crippen LogP contribution in [0.4, 0.5) is 0 Å². The number of carbonyl (C=O) groups excluding carboxylic acids is 3. The largest absolute Gasteiger partial charge is 0.348 e. The molecule has 0 radical (unpaired) electrons. The molecule has 162 valence electrons. The van der Waals surface area contributed by atoms with E-state index in [4.69, 9.17) is 11.6 Å². The number of carbonyl (C=O) groups is 3. The van der Waals surface area contributed by atoms with Gasteiger partial charge in [0.25, 0.3) is 5.91 Å². The zero-order valence-corrected chi connectivity index (χ0v) is 18.1. The van der Waals surface area contributed by atoms with Crippen LogP contribution in [0.3, 0.4) is 0 Å². The third-order valence-electron chi connectivity index (χ3n) is 6.04. The SMILES string of the molecule is O=C(NCc1cccc(Cl)c1)c1ccc(CN2CCN(C3CCCC3)C(=O)C2=O)cc1. The summed E-state index contributed by atoms with van der Waals surface area (Å²) in [5.41, 5.74) is 2.36. The highest BCUT2D eigenvalue weighted by Crippen LogP contribution is 2.25. The number of amides is 3. The number of halogens is 1. The molecule has 2 aromatic rings. The van der Waals surface area contributed by atoms with Crippen LogP contribution < -0.4 is 5.32 Å². The molecule has 1 aliphatic carbocycles. The van der Waals surface area contributed by atoms with Crippen LogP contribution in [0, 0.1) is 0 Å². The van der Waals surface area contributed by atoms with E-state index in [0.717, 1.165) is 36.8 Å². The highest BCUT2D eigenvalue weighted by atomic mass is 35.5. The number of benzene rings is 2. The standard InChI is InChI=1S/C24H26ClN3O3/c25-20-5-3-4-18(14-20)15-26-22(29)19-10-8-17(9-11-19)16-27-12-13-28(24(31)23(27)30)21-6-1-2-7-21/h3-5,8-11,14,21H,1-2,6-7,12-13,15-16H2,(H,26,29). The van der Waals surface area contributed by atoms with Gasteiger partial charge in [-0.2, -0.15) is 0 Å². The van der Waals surface area contributed by atoms with Crippen LogP contribution in [0.1, 0.15) is 47.2 Å². The van der Waals surface area contributed by atoms with Gasteiger partial charge in [-0.3, -0.25) is 14.4 Å². The van der Waals surface area contributed by atoms with E-state index in [1.54, 1.807) is 28.0 Å². The fourth-order valence-corrected chi connectivity index (χ4v) is 4.53. The maximum absolute atomic E-state index is 12.6. The lowest BCUT2D eigenvalue weighted by atomic mass is 10.1. The summed E-state index contributed by atoms with van der Waals surface area (Å²) < 4.78 is 0. The van der Waals surface area contributed by atoms with E-state index in [-0.39, 0.29) is 17.9 Å². The molecule has 31 heavy (non-hydrogen) atoms. The van der Waals surface area contributed by atoms with Crippen molar-refractivity contribution in [2.45, 2.75) is 44.8 Å². The smallest absolute Gasteiger partial charge is 0.312 e. The summed E-state index contributed by atoms with van der Waals surface area (Å²) >= 11 is 5.97. The van der Waals surface area contributed by atoms with Crippen molar-refractivity contribution >= 4 is 29.3 Å². The molecule has 3 amide bonds. The van der Waals surface area contributed by atoms with Gasteiger partial charge in [0.2, 0.25) is 0 Å². The van der Waals surface area contributed by atoms with Crippen molar-refractivity contribution in [3.05, 3.63) is 70.2 Å². The lowest BCUT2D eigenvalue weighted by Gasteiger charge is -2.37. The first-order valence-corrected chi connectivity index (χ1v) is 11.1. The minimum Gasteiger partial charge on any atom is -0.348 e. The minimum absolute atomic E-state index is 0.178. The Bertz CT molecular complexity index is 970. The third kappa shape index (κ3) is 5.07. The van der Waals surface area contributed by atoms with E-state index in [1.807, 2.05) is 30.3 Å². The molecule has 6 nitrogen and oxygen atoms in total. The summed E-state index contributed by atoms with van der Waals surface area (Å²) in [6.07, 6.45) is 4.26. The molecule has 1 heterocycles. The normalized spacial score (nSPS) is 17.3. The first-order chi connectivity index (χ1) is 15.0. The zero-order chi connectivity index (χ0) is 21.8. The van der Waals surface area contributed by atoms with Gasteiger partial charge >= 0.3 is 11.8 Å². The van der Waals surface area contributed by atoms with Crippen LogP contribution in [0.5, 0.6) is 0 Å². The number of nitrogens with one attached hydrogen (secondary N) is 1. The first-order valence-electron chi connectivity index (χ1n) is 10.7. The van der Waals surface area contributed by atoms with Gasteiger partial charge in [-0.05, 0) is 48.2 Å². The predicted molar refractivity (Wildman–Crippen MR) is 118 cm³/mol. The summed E-state index contributed by atoms with van der Waals surface area (Å²) in [6.45, 7) is 1.90. The number of hydrogen-bond donors (Lipinski definition) is 1. The molecule has 0 aromatic heterocycles. The van der Waals surface area contributed by atoms with E-state index in [2.05, 4.69) is 5.32 Å². The van der Waals surface area contributed by atoms with Gasteiger partial charge in [-0.25, -0.2) is 0 Å². The fraction of sp³-hybridized carbons (Fsp3) is 0.375. The number of rotatable bonds is 6. The average Bonchev–Trinajstić information content (AvgIpc) is 3.30. The lowest BCUT2D eigenvalue weighted by Crippen LogP contribution is -2.56. The zero-order valence-electron chi connectivity index (χ0n) is 17.4. The Balaban J connectivity index is 1.31. The summed E-state index contributed by atoms with van der Waals surface area (Å²) in [5, 5.41) is 3.51. The molecular weight excluding hydrogens is 414 g/mol. The molecule has 7 heteroatoms. The van der Waals surface area contributed by atoms with Gasteiger partial charge in [-0.15, -0.1) is 0 Å². The Hall–Kier alpha value is -2.86. The maximum Gasteiger partial charge on any atom is 0.312 e. The number of nitrogens with zero attached hydrogens (tertiary/aromatic N) is 2. The second-order valence-electron chi connectivity index (χ2n) is 8.17. The summed E-state index contributed by atoms with van der Waals surface area (Å²) in [7, 11) is 0. The molecule has 1 aliphatic heterocycles. The Morgan fingerprint density at radius 2 is 1.71 bits per heavy atom. The van der Waals surface area contributed by atoms with Crippen LogP contribution in [0.15, 0.2) is 48.5 Å². The van der Waals surface area contributed by atoms with Crippen LogP contribution in [0.25, 0.3) is 0 Å². The van der Waals surface area contributed by atoms with E-state index in [0.29, 0.717) is 36.8 Å². The van der Waals surface area contributed by atoms with Crippen LogP contribution in [-0.4, -0.2) is 46.7 Å². The van der Waals surface area contributed by atoms with Gasteiger partial charge in [0.05, 0.1) is 0 Å². The van der Waals surface area contributed by atoms with E-state index in [9.17, 15) is 14.4 Å². The van der Waals surface area contributed by atoms with Crippen molar-refractivity contribution in [3.8, 4) is 0 Å². The minimum atomic E-state index is -0.429. The number of piperazine rings is 1. The predicted octanol–water partition coefficient (Wildman–Crippen LogP) is 3.38. The third-order valence-corrected chi connectivity index (χ3v) is 6.27. The lowest BCUT2D eigenvalue weighted by molar-refractivity contribution is -0.158. The van der Waals surface area contributed by atoms with Crippen LogP contribution >= 0.6 is 11.6 Å². The second-order valence-corrected chi connectivity index (χ2v) is 8.61. The molecule has 2 aliphatic rings. The molecular formula is C24H26ClN3O3.